The molecule has 7 heteroatoms. The lowest BCUT2D eigenvalue weighted by Crippen LogP contribution is -2.36. The molecule has 4 rings (SSSR count). The molecule has 2 aromatic heterocycles. The molecule has 1 amide bonds. The van der Waals surface area contributed by atoms with Gasteiger partial charge in [0.2, 0.25) is 0 Å². The number of aromatic nitrogens is 1. The summed E-state index contributed by atoms with van der Waals surface area (Å²) in [5.74, 6) is 2.08. The Morgan fingerprint density at radius 2 is 1.96 bits per heavy atom. The highest BCUT2D eigenvalue weighted by atomic mass is 79.9. The Kier molecular flexibility index (Phi) is 5.64. The number of hydrogen-bond donors (Lipinski definition) is 1. The Balaban J connectivity index is 1.44. The number of nitrogens with zero attached hydrogens (tertiary/aromatic N) is 2. The van der Waals surface area contributed by atoms with Gasteiger partial charge >= 0.3 is 0 Å². The van der Waals surface area contributed by atoms with Crippen LogP contribution in [0.1, 0.15) is 40.9 Å². The van der Waals surface area contributed by atoms with Crippen LogP contribution in [0.2, 0.25) is 0 Å². The molecule has 1 fully saturated rings. The zero-order valence-corrected chi connectivity index (χ0v) is 17.2. The summed E-state index contributed by atoms with van der Waals surface area (Å²) < 4.78 is 12.2. The number of hydrogen-bond acceptors (Lipinski definition) is 5. The van der Waals surface area contributed by atoms with Gasteiger partial charge in [0.15, 0.2) is 11.5 Å². The van der Waals surface area contributed by atoms with Crippen molar-refractivity contribution in [2.24, 2.45) is 0 Å². The molecule has 1 N–H and O–H groups in total. The van der Waals surface area contributed by atoms with Crippen LogP contribution in [0, 0.1) is 6.92 Å². The van der Waals surface area contributed by atoms with Gasteiger partial charge in [0, 0.05) is 22.6 Å². The second-order valence-corrected chi connectivity index (χ2v) is 7.92. The third kappa shape index (κ3) is 4.20. The second kappa shape index (κ2) is 8.32. The van der Waals surface area contributed by atoms with Crippen LogP contribution in [0.5, 0.6) is 0 Å². The van der Waals surface area contributed by atoms with E-state index < -0.39 is 0 Å². The third-order valence-corrected chi connectivity index (χ3v) is 5.53. The minimum absolute atomic E-state index is 0.0259. The molecule has 1 atom stereocenters. The van der Waals surface area contributed by atoms with E-state index >= 15 is 0 Å². The third-order valence-electron chi connectivity index (χ3n) is 5.00. The quantitative estimate of drug-likeness (QED) is 0.603. The number of nitrogens with one attached hydrogen (secondary N) is 1. The van der Waals surface area contributed by atoms with E-state index in [1.807, 2.05) is 43.3 Å². The monoisotopic (exact) mass is 443 g/mol. The van der Waals surface area contributed by atoms with E-state index in [4.69, 9.17) is 8.94 Å². The molecule has 28 heavy (non-hydrogen) atoms. The normalized spacial score (nSPS) is 15.6. The van der Waals surface area contributed by atoms with Crippen LogP contribution in [0.25, 0.3) is 11.3 Å². The van der Waals surface area contributed by atoms with Crippen LogP contribution in [0.15, 0.2) is 55.9 Å². The molecule has 3 heterocycles. The average Bonchev–Trinajstić information content (AvgIpc) is 3.44. The van der Waals surface area contributed by atoms with Crippen LogP contribution in [0.3, 0.4) is 0 Å². The van der Waals surface area contributed by atoms with Crippen molar-refractivity contribution in [2.75, 3.05) is 19.6 Å². The van der Waals surface area contributed by atoms with Crippen LogP contribution in [-0.4, -0.2) is 35.6 Å². The molecule has 3 aromatic rings. The Morgan fingerprint density at radius 1 is 1.21 bits per heavy atom. The Hall–Kier alpha value is -2.38. The van der Waals surface area contributed by atoms with Gasteiger partial charge in [-0.25, -0.2) is 0 Å². The number of carbonyl (C=O) groups is 1. The van der Waals surface area contributed by atoms with E-state index in [0.29, 0.717) is 12.3 Å². The van der Waals surface area contributed by atoms with Gasteiger partial charge in [-0.1, -0.05) is 33.2 Å². The summed E-state index contributed by atoms with van der Waals surface area (Å²) >= 11 is 3.41. The molecule has 0 spiro atoms. The van der Waals surface area contributed by atoms with Crippen LogP contribution >= 0.6 is 15.9 Å². The Bertz CT molecular complexity index is 942. The maximum Gasteiger partial charge on any atom is 0.273 e. The zero-order chi connectivity index (χ0) is 19.5. The number of rotatable bonds is 6. The second-order valence-electron chi connectivity index (χ2n) is 7.00. The highest BCUT2D eigenvalue weighted by molar-refractivity contribution is 9.10. The van der Waals surface area contributed by atoms with E-state index in [0.717, 1.165) is 34.6 Å². The van der Waals surface area contributed by atoms with E-state index in [1.165, 1.54) is 12.8 Å². The highest BCUT2D eigenvalue weighted by Gasteiger charge is 2.27. The number of benzene rings is 1. The average molecular weight is 444 g/mol. The summed E-state index contributed by atoms with van der Waals surface area (Å²) in [7, 11) is 0. The molecule has 0 unspecified atom stereocenters. The predicted octanol–water partition coefficient (Wildman–Crippen LogP) is 4.57. The van der Waals surface area contributed by atoms with E-state index in [9.17, 15) is 4.79 Å². The van der Waals surface area contributed by atoms with Crippen molar-refractivity contribution in [3.8, 4) is 11.3 Å². The first-order valence-corrected chi connectivity index (χ1v) is 10.2. The van der Waals surface area contributed by atoms with Gasteiger partial charge in [-0.15, -0.1) is 0 Å². The number of aryl methyl sites for hydroxylation is 1. The Morgan fingerprint density at radius 3 is 2.64 bits per heavy atom. The van der Waals surface area contributed by atoms with Gasteiger partial charge < -0.3 is 14.3 Å². The van der Waals surface area contributed by atoms with Crippen molar-refractivity contribution in [2.45, 2.75) is 25.8 Å². The fourth-order valence-electron chi connectivity index (χ4n) is 3.51. The fourth-order valence-corrected chi connectivity index (χ4v) is 3.77. The lowest BCUT2D eigenvalue weighted by molar-refractivity contribution is 0.0924. The van der Waals surface area contributed by atoms with Gasteiger partial charge in [-0.05, 0) is 57.1 Å². The zero-order valence-electron chi connectivity index (χ0n) is 15.7. The van der Waals surface area contributed by atoms with Crippen molar-refractivity contribution in [3.05, 3.63) is 64.2 Å². The van der Waals surface area contributed by atoms with Gasteiger partial charge in [-0.3, -0.25) is 9.69 Å². The largest absolute Gasteiger partial charge is 0.465 e. The van der Waals surface area contributed by atoms with E-state index in [2.05, 4.69) is 31.3 Å². The number of likely N-dealkylation sites (tertiary alicyclic amines) is 1. The van der Waals surface area contributed by atoms with E-state index in [-0.39, 0.29) is 17.6 Å². The molecule has 6 nitrogen and oxygen atoms in total. The minimum Gasteiger partial charge on any atom is -0.465 e. The molecule has 0 saturated carbocycles. The van der Waals surface area contributed by atoms with Crippen molar-refractivity contribution in [1.82, 2.24) is 15.4 Å². The highest BCUT2D eigenvalue weighted by Crippen LogP contribution is 2.26. The topological polar surface area (TPSA) is 71.5 Å². The molecule has 0 bridgehead atoms. The molecule has 0 aliphatic carbocycles. The maximum absolute atomic E-state index is 12.6. The fraction of sp³-hybridized carbons (Fsp3) is 0.333. The van der Waals surface area contributed by atoms with Crippen molar-refractivity contribution in [3.63, 3.8) is 0 Å². The molecular weight excluding hydrogens is 422 g/mol. The summed E-state index contributed by atoms with van der Waals surface area (Å²) in [4.78, 5) is 15.0. The summed E-state index contributed by atoms with van der Waals surface area (Å²) in [6.07, 6.45) is 2.34. The van der Waals surface area contributed by atoms with E-state index in [1.54, 1.807) is 6.07 Å². The molecule has 146 valence electrons. The summed E-state index contributed by atoms with van der Waals surface area (Å²) in [6, 6.07) is 13.3. The predicted molar refractivity (Wildman–Crippen MR) is 109 cm³/mol. The van der Waals surface area contributed by atoms with Crippen molar-refractivity contribution in [1.29, 1.82) is 0 Å². The number of carbonyl (C=O) groups excluding carboxylic acids is 1. The minimum atomic E-state index is -0.250. The van der Waals surface area contributed by atoms with Crippen molar-refractivity contribution < 1.29 is 13.7 Å². The molecular formula is C21H22BrN3O3. The van der Waals surface area contributed by atoms with Gasteiger partial charge in [0.05, 0.1) is 6.04 Å². The summed E-state index contributed by atoms with van der Waals surface area (Å²) in [6.45, 7) is 4.42. The number of halogens is 1. The SMILES string of the molecule is Cc1ccc([C@H](CNC(=O)c2cc(-c3ccc(Br)cc3)on2)N2CCCC2)o1. The molecule has 1 aromatic carbocycles. The van der Waals surface area contributed by atoms with Crippen LogP contribution in [-0.2, 0) is 0 Å². The first kappa shape index (κ1) is 19.0. The molecule has 1 aliphatic heterocycles. The lowest BCUT2D eigenvalue weighted by Gasteiger charge is -2.25. The number of furan rings is 1. The molecule has 0 radical (unpaired) electrons. The van der Waals surface area contributed by atoms with Crippen LogP contribution < -0.4 is 5.32 Å². The first-order valence-electron chi connectivity index (χ1n) is 9.41. The first-order chi connectivity index (χ1) is 13.6. The summed E-state index contributed by atoms with van der Waals surface area (Å²) in [5, 5.41) is 6.92. The standard InChI is InChI=1S/C21H22BrN3O3/c1-14-4-9-19(27-14)18(25-10-2-3-11-25)13-23-21(26)17-12-20(28-24-17)15-5-7-16(22)8-6-15/h4-9,12,18H,2-3,10-11,13H2,1H3,(H,23,26)/t18-/m0/s1. The van der Waals surface area contributed by atoms with Gasteiger partial charge in [0.25, 0.3) is 5.91 Å². The lowest BCUT2D eigenvalue weighted by atomic mass is 10.1. The Labute approximate surface area is 172 Å². The molecule has 1 aliphatic rings. The molecule has 1 saturated heterocycles. The van der Waals surface area contributed by atoms with Gasteiger partial charge in [-0.2, -0.15) is 0 Å². The summed E-state index contributed by atoms with van der Waals surface area (Å²) in [5.41, 5.74) is 1.14. The van der Waals surface area contributed by atoms with Crippen molar-refractivity contribution >= 4 is 21.8 Å². The van der Waals surface area contributed by atoms with Crippen LogP contribution in [0.4, 0.5) is 0 Å². The maximum atomic E-state index is 12.6. The van der Waals surface area contributed by atoms with Gasteiger partial charge in [0.1, 0.15) is 11.5 Å². The smallest absolute Gasteiger partial charge is 0.273 e. The number of amides is 1.